The van der Waals surface area contributed by atoms with Gasteiger partial charge in [-0.25, -0.2) is 14.0 Å². The molecule has 0 spiro atoms. The second kappa shape index (κ2) is 7.51. The Hall–Kier alpha value is -1.91. The maximum absolute atomic E-state index is 13.7. The molecule has 4 nitrogen and oxygen atoms in total. The van der Waals surface area contributed by atoms with Crippen molar-refractivity contribution in [1.29, 1.82) is 0 Å². The Labute approximate surface area is 111 Å². The van der Waals surface area contributed by atoms with Crippen LogP contribution < -0.4 is 0 Å². The zero-order valence-corrected chi connectivity index (χ0v) is 11.1. The van der Waals surface area contributed by atoms with Crippen LogP contribution in [0.2, 0.25) is 0 Å². The Morgan fingerprint density at radius 2 is 1.89 bits per heavy atom. The summed E-state index contributed by atoms with van der Waals surface area (Å²) in [6.45, 7) is 3.92. The highest BCUT2D eigenvalue weighted by molar-refractivity contribution is 6.03. The fraction of sp³-hybridized carbons (Fsp3) is 0.429. The topological polar surface area (TPSA) is 52.6 Å². The molecule has 0 saturated carbocycles. The molecule has 0 radical (unpaired) electrons. The minimum Gasteiger partial charge on any atom is -0.462 e. The van der Waals surface area contributed by atoms with Crippen LogP contribution in [-0.4, -0.2) is 25.2 Å². The van der Waals surface area contributed by atoms with E-state index in [2.05, 4.69) is 0 Å². The van der Waals surface area contributed by atoms with Gasteiger partial charge >= 0.3 is 11.9 Å². The third-order valence-electron chi connectivity index (χ3n) is 2.44. The van der Waals surface area contributed by atoms with Gasteiger partial charge in [-0.1, -0.05) is 19.4 Å². The van der Waals surface area contributed by atoms with Crippen LogP contribution in [0.3, 0.4) is 0 Å². The first-order chi connectivity index (χ1) is 9.11. The van der Waals surface area contributed by atoms with E-state index in [0.717, 1.165) is 18.9 Å². The van der Waals surface area contributed by atoms with Crippen molar-refractivity contribution in [2.75, 3.05) is 13.2 Å². The molecule has 0 N–H and O–H groups in total. The molecule has 104 valence electrons. The van der Waals surface area contributed by atoms with Crippen molar-refractivity contribution >= 4 is 11.9 Å². The average molecular weight is 268 g/mol. The summed E-state index contributed by atoms with van der Waals surface area (Å²) in [5.41, 5.74) is -0.472. The number of esters is 2. The van der Waals surface area contributed by atoms with Crippen LogP contribution in [0.1, 0.15) is 47.4 Å². The first-order valence-corrected chi connectivity index (χ1v) is 6.24. The van der Waals surface area contributed by atoms with Gasteiger partial charge in [0, 0.05) is 0 Å². The average Bonchev–Trinajstić information content (AvgIpc) is 2.38. The predicted octanol–water partition coefficient (Wildman–Crippen LogP) is 2.96. The Morgan fingerprint density at radius 3 is 2.53 bits per heavy atom. The van der Waals surface area contributed by atoms with Gasteiger partial charge in [0.25, 0.3) is 0 Å². The lowest BCUT2D eigenvalue weighted by Crippen LogP contribution is -2.16. The molecule has 0 unspecified atom stereocenters. The highest BCUT2D eigenvalue weighted by atomic mass is 19.1. The second-order valence-corrected chi connectivity index (χ2v) is 3.87. The Bertz CT molecular complexity index is 457. The maximum Gasteiger partial charge on any atom is 0.342 e. The van der Waals surface area contributed by atoms with Crippen molar-refractivity contribution in [3.63, 3.8) is 0 Å². The standard InChI is InChI=1S/C14H17FO4/c1-3-5-9-19-13(16)10-7-6-8-11(15)12(10)14(17)18-4-2/h6-8H,3-5,9H2,1-2H3. The minimum absolute atomic E-state index is 0.102. The number of unbranched alkanes of at least 4 members (excludes halogenated alkanes) is 1. The van der Waals surface area contributed by atoms with Crippen molar-refractivity contribution in [3.05, 3.63) is 35.1 Å². The largest absolute Gasteiger partial charge is 0.462 e. The minimum atomic E-state index is -0.858. The molecule has 0 aliphatic carbocycles. The highest BCUT2D eigenvalue weighted by Gasteiger charge is 2.23. The lowest BCUT2D eigenvalue weighted by Gasteiger charge is -2.09. The van der Waals surface area contributed by atoms with Gasteiger partial charge in [0.1, 0.15) is 11.4 Å². The first kappa shape index (κ1) is 15.1. The van der Waals surface area contributed by atoms with E-state index >= 15 is 0 Å². The number of ether oxygens (including phenoxy) is 2. The normalized spacial score (nSPS) is 10.1. The fourth-order valence-corrected chi connectivity index (χ4v) is 1.49. The van der Waals surface area contributed by atoms with Crippen LogP contribution in [0.25, 0.3) is 0 Å². The third kappa shape index (κ3) is 4.05. The lowest BCUT2D eigenvalue weighted by atomic mass is 10.1. The van der Waals surface area contributed by atoms with Crippen LogP contribution in [0.15, 0.2) is 18.2 Å². The molecule has 5 heteroatoms. The molecular weight excluding hydrogens is 251 g/mol. The molecule has 0 heterocycles. The molecule has 1 aromatic carbocycles. The highest BCUT2D eigenvalue weighted by Crippen LogP contribution is 2.16. The molecule has 1 aromatic rings. The summed E-state index contributed by atoms with van der Waals surface area (Å²) in [5.74, 6) is -2.36. The second-order valence-electron chi connectivity index (χ2n) is 3.87. The van der Waals surface area contributed by atoms with E-state index in [1.54, 1.807) is 6.92 Å². The number of carbonyl (C=O) groups excluding carboxylic acids is 2. The predicted molar refractivity (Wildman–Crippen MR) is 67.5 cm³/mol. The summed E-state index contributed by atoms with van der Waals surface area (Å²) in [6.07, 6.45) is 1.59. The SMILES string of the molecule is CCCCOC(=O)c1cccc(F)c1C(=O)OCC. The molecule has 0 bridgehead atoms. The van der Waals surface area contributed by atoms with E-state index in [1.807, 2.05) is 6.92 Å². The van der Waals surface area contributed by atoms with Crippen LogP contribution in [0, 0.1) is 5.82 Å². The van der Waals surface area contributed by atoms with Crippen LogP contribution in [0.5, 0.6) is 0 Å². The molecule has 0 atom stereocenters. The summed E-state index contributed by atoms with van der Waals surface area (Å²) >= 11 is 0. The smallest absolute Gasteiger partial charge is 0.342 e. The molecule has 0 aliphatic rings. The Morgan fingerprint density at radius 1 is 1.16 bits per heavy atom. The number of halogens is 1. The van der Waals surface area contributed by atoms with Gasteiger partial charge < -0.3 is 9.47 Å². The Balaban J connectivity index is 2.96. The van der Waals surface area contributed by atoms with Gasteiger partial charge in [0.05, 0.1) is 18.8 Å². The zero-order chi connectivity index (χ0) is 14.3. The molecule has 19 heavy (non-hydrogen) atoms. The summed E-state index contributed by atoms with van der Waals surface area (Å²) in [6, 6.07) is 3.81. The zero-order valence-electron chi connectivity index (χ0n) is 11.1. The monoisotopic (exact) mass is 268 g/mol. The van der Waals surface area contributed by atoms with Crippen molar-refractivity contribution in [1.82, 2.24) is 0 Å². The molecule has 0 aliphatic heterocycles. The van der Waals surface area contributed by atoms with Crippen LogP contribution in [-0.2, 0) is 9.47 Å². The number of hydrogen-bond acceptors (Lipinski definition) is 4. The molecule has 0 fully saturated rings. The summed E-state index contributed by atoms with van der Waals surface area (Å²) < 4.78 is 23.4. The summed E-state index contributed by atoms with van der Waals surface area (Å²) in [5, 5.41) is 0. The van der Waals surface area contributed by atoms with Crippen LogP contribution >= 0.6 is 0 Å². The van der Waals surface area contributed by atoms with E-state index in [4.69, 9.17) is 9.47 Å². The number of rotatable bonds is 6. The number of carbonyl (C=O) groups is 2. The Kier molecular flexibility index (Phi) is 5.99. The van der Waals surface area contributed by atoms with Gasteiger partial charge in [0.2, 0.25) is 0 Å². The molecule has 0 aromatic heterocycles. The quantitative estimate of drug-likeness (QED) is 0.588. The van der Waals surface area contributed by atoms with Crippen molar-refractivity contribution < 1.29 is 23.5 Å². The summed E-state index contributed by atoms with van der Waals surface area (Å²) in [4.78, 5) is 23.5. The molecule has 0 amide bonds. The number of benzene rings is 1. The van der Waals surface area contributed by atoms with Gasteiger partial charge in [0.15, 0.2) is 0 Å². The first-order valence-electron chi connectivity index (χ1n) is 6.24. The van der Waals surface area contributed by atoms with E-state index in [-0.39, 0.29) is 24.3 Å². The molecule has 1 rings (SSSR count). The number of hydrogen-bond donors (Lipinski definition) is 0. The van der Waals surface area contributed by atoms with E-state index in [9.17, 15) is 14.0 Å². The van der Waals surface area contributed by atoms with Gasteiger partial charge in [-0.2, -0.15) is 0 Å². The van der Waals surface area contributed by atoms with Gasteiger partial charge in [-0.3, -0.25) is 0 Å². The molecular formula is C14H17FO4. The van der Waals surface area contributed by atoms with Gasteiger partial charge in [-0.05, 0) is 25.5 Å². The van der Waals surface area contributed by atoms with Crippen molar-refractivity contribution in [2.45, 2.75) is 26.7 Å². The summed E-state index contributed by atoms with van der Waals surface area (Å²) in [7, 11) is 0. The fourth-order valence-electron chi connectivity index (χ4n) is 1.49. The lowest BCUT2D eigenvalue weighted by molar-refractivity contribution is 0.0460. The van der Waals surface area contributed by atoms with E-state index in [0.29, 0.717) is 0 Å². The van der Waals surface area contributed by atoms with Crippen LogP contribution in [0.4, 0.5) is 4.39 Å². The van der Waals surface area contributed by atoms with E-state index < -0.39 is 17.8 Å². The third-order valence-corrected chi connectivity index (χ3v) is 2.44. The van der Waals surface area contributed by atoms with Gasteiger partial charge in [-0.15, -0.1) is 0 Å². The maximum atomic E-state index is 13.7. The van der Waals surface area contributed by atoms with Crippen molar-refractivity contribution in [3.8, 4) is 0 Å². The van der Waals surface area contributed by atoms with E-state index in [1.165, 1.54) is 12.1 Å². The van der Waals surface area contributed by atoms with Crippen molar-refractivity contribution in [2.24, 2.45) is 0 Å². The molecule has 0 saturated heterocycles.